The normalized spacial score (nSPS) is 23.1. The summed E-state index contributed by atoms with van der Waals surface area (Å²) in [5, 5.41) is 14.4. The molecule has 18 heavy (non-hydrogen) atoms. The maximum absolute atomic E-state index is 10.7. The van der Waals surface area contributed by atoms with E-state index in [2.05, 4.69) is 5.32 Å². The van der Waals surface area contributed by atoms with Crippen molar-refractivity contribution in [3.63, 3.8) is 0 Å². The van der Waals surface area contributed by atoms with Crippen molar-refractivity contribution >= 4 is 34.6 Å². The van der Waals surface area contributed by atoms with Gasteiger partial charge in [0.25, 0.3) is 5.69 Å². The Balaban J connectivity index is 2.31. The van der Waals surface area contributed by atoms with Crippen molar-refractivity contribution in [1.82, 2.24) is 0 Å². The van der Waals surface area contributed by atoms with E-state index in [1.807, 2.05) is 6.92 Å². The molecule has 1 heterocycles. The van der Waals surface area contributed by atoms with Gasteiger partial charge < -0.3 is 10.1 Å². The van der Waals surface area contributed by atoms with Gasteiger partial charge in [-0.15, -0.1) is 0 Å². The molecule has 0 aliphatic carbocycles. The molecule has 0 saturated carbocycles. The fourth-order valence-corrected chi connectivity index (χ4v) is 2.42. The molecule has 2 rings (SSSR count). The maximum atomic E-state index is 10.7. The second-order valence-corrected chi connectivity index (χ2v) is 5.34. The quantitative estimate of drug-likeness (QED) is 0.684. The van der Waals surface area contributed by atoms with Crippen molar-refractivity contribution in [2.24, 2.45) is 0 Å². The molecule has 1 N–H and O–H groups in total. The number of ether oxygens (including phenoxy) is 1. The molecule has 1 atom stereocenters. The van der Waals surface area contributed by atoms with Crippen molar-refractivity contribution < 1.29 is 9.66 Å². The number of hydrogen-bond acceptors (Lipinski definition) is 4. The number of rotatable bonds is 3. The van der Waals surface area contributed by atoms with Gasteiger partial charge in [0.2, 0.25) is 0 Å². The van der Waals surface area contributed by atoms with E-state index in [0.29, 0.717) is 18.9 Å². The lowest BCUT2D eigenvalue weighted by atomic mass is 10.0. The molecule has 0 bridgehead atoms. The van der Waals surface area contributed by atoms with Crippen molar-refractivity contribution in [2.45, 2.75) is 18.9 Å². The average Bonchev–Trinajstić information content (AvgIpc) is 2.70. The number of hydrogen-bond donors (Lipinski definition) is 1. The molecular formula is C11H12Cl2N2O3. The van der Waals surface area contributed by atoms with Crippen molar-refractivity contribution in [2.75, 3.05) is 18.5 Å². The van der Waals surface area contributed by atoms with Crippen molar-refractivity contribution in [3.05, 3.63) is 32.3 Å². The van der Waals surface area contributed by atoms with Gasteiger partial charge in [-0.05, 0) is 13.3 Å². The molecule has 1 aromatic rings. The average molecular weight is 291 g/mol. The second kappa shape index (κ2) is 4.91. The summed E-state index contributed by atoms with van der Waals surface area (Å²) in [6.45, 7) is 3.22. The summed E-state index contributed by atoms with van der Waals surface area (Å²) in [5.74, 6) is 0. The van der Waals surface area contributed by atoms with Gasteiger partial charge in [-0.1, -0.05) is 23.2 Å². The Morgan fingerprint density at radius 2 is 2.06 bits per heavy atom. The van der Waals surface area contributed by atoms with E-state index >= 15 is 0 Å². The first-order valence-electron chi connectivity index (χ1n) is 5.41. The zero-order valence-corrected chi connectivity index (χ0v) is 11.2. The first kappa shape index (κ1) is 13.4. The molecule has 0 amide bonds. The van der Waals surface area contributed by atoms with Gasteiger partial charge in [-0.3, -0.25) is 10.1 Å². The number of nitrogens with one attached hydrogen (secondary N) is 1. The minimum atomic E-state index is -0.526. The summed E-state index contributed by atoms with van der Waals surface area (Å²) in [5.41, 5.74) is 0.143. The smallest absolute Gasteiger partial charge is 0.272 e. The molecule has 0 aromatic heterocycles. The Hall–Kier alpha value is -1.04. The molecular weight excluding hydrogens is 279 g/mol. The van der Waals surface area contributed by atoms with Crippen LogP contribution in [0.4, 0.5) is 11.4 Å². The molecule has 1 fully saturated rings. The van der Waals surface area contributed by atoms with E-state index in [1.54, 1.807) is 0 Å². The van der Waals surface area contributed by atoms with E-state index in [4.69, 9.17) is 27.9 Å². The molecule has 0 spiro atoms. The van der Waals surface area contributed by atoms with Crippen LogP contribution < -0.4 is 5.32 Å². The van der Waals surface area contributed by atoms with E-state index in [-0.39, 0.29) is 21.3 Å². The molecule has 1 aliphatic heterocycles. The monoisotopic (exact) mass is 290 g/mol. The third-order valence-electron chi connectivity index (χ3n) is 2.88. The molecule has 1 saturated heterocycles. The van der Waals surface area contributed by atoms with Gasteiger partial charge in [-0.2, -0.15) is 0 Å². The zero-order chi connectivity index (χ0) is 13.3. The number of nitrogens with zero attached hydrogens (tertiary/aromatic N) is 1. The van der Waals surface area contributed by atoms with Crippen LogP contribution in [-0.2, 0) is 4.74 Å². The van der Waals surface area contributed by atoms with Gasteiger partial charge in [0.1, 0.15) is 0 Å². The molecule has 7 heteroatoms. The zero-order valence-electron chi connectivity index (χ0n) is 9.70. The van der Waals surface area contributed by atoms with Crippen LogP contribution in [0.25, 0.3) is 0 Å². The van der Waals surface area contributed by atoms with Crippen LogP contribution in [0.15, 0.2) is 12.1 Å². The third-order valence-corrected chi connectivity index (χ3v) is 3.48. The summed E-state index contributed by atoms with van der Waals surface area (Å²) < 4.78 is 5.32. The third kappa shape index (κ3) is 2.68. The highest BCUT2D eigenvalue weighted by Gasteiger charge is 2.31. The fraction of sp³-hybridized carbons (Fsp3) is 0.455. The summed E-state index contributed by atoms with van der Waals surface area (Å²) in [6.07, 6.45) is 0.830. The standard InChI is InChI=1S/C11H12Cl2N2O3/c1-11(2-3-18-6-11)14-10-8(12)4-7(15(16)17)5-9(10)13/h4-5,14H,2-3,6H2,1H3. The van der Waals surface area contributed by atoms with Crippen LogP contribution in [0.2, 0.25) is 10.0 Å². The van der Waals surface area contributed by atoms with E-state index in [1.165, 1.54) is 12.1 Å². The Bertz CT molecular complexity index is 464. The van der Waals surface area contributed by atoms with Gasteiger partial charge in [-0.25, -0.2) is 0 Å². The van der Waals surface area contributed by atoms with Crippen LogP contribution in [0.1, 0.15) is 13.3 Å². The topological polar surface area (TPSA) is 64.4 Å². The van der Waals surface area contributed by atoms with Gasteiger partial charge in [0.05, 0.1) is 32.8 Å². The fourth-order valence-electron chi connectivity index (χ4n) is 1.85. The predicted molar refractivity (Wildman–Crippen MR) is 70.6 cm³/mol. The lowest BCUT2D eigenvalue weighted by molar-refractivity contribution is -0.384. The number of non-ortho nitro benzene ring substituents is 1. The Labute approximate surface area is 114 Å². The van der Waals surface area contributed by atoms with E-state index < -0.39 is 4.92 Å². The van der Waals surface area contributed by atoms with Gasteiger partial charge >= 0.3 is 0 Å². The Kier molecular flexibility index (Phi) is 3.66. The van der Waals surface area contributed by atoms with Crippen LogP contribution in [0.3, 0.4) is 0 Å². The molecule has 1 aliphatic rings. The van der Waals surface area contributed by atoms with Gasteiger partial charge in [0.15, 0.2) is 0 Å². The lowest BCUT2D eigenvalue weighted by Crippen LogP contribution is -2.35. The minimum Gasteiger partial charge on any atom is -0.379 e. The van der Waals surface area contributed by atoms with E-state index in [0.717, 1.165) is 6.42 Å². The summed E-state index contributed by atoms with van der Waals surface area (Å²) in [6, 6.07) is 2.57. The number of nitro benzene ring substituents is 1. The number of halogens is 2. The lowest BCUT2D eigenvalue weighted by Gasteiger charge is -2.26. The highest BCUT2D eigenvalue weighted by Crippen LogP contribution is 2.37. The molecule has 98 valence electrons. The Morgan fingerprint density at radius 1 is 1.44 bits per heavy atom. The number of nitro groups is 1. The number of benzene rings is 1. The molecule has 1 unspecified atom stereocenters. The minimum absolute atomic E-state index is 0.122. The van der Waals surface area contributed by atoms with Crippen molar-refractivity contribution in [3.8, 4) is 0 Å². The van der Waals surface area contributed by atoms with Crippen LogP contribution in [0.5, 0.6) is 0 Å². The molecule has 1 aromatic carbocycles. The Morgan fingerprint density at radius 3 is 2.50 bits per heavy atom. The molecule has 0 radical (unpaired) electrons. The first-order chi connectivity index (χ1) is 8.41. The highest BCUT2D eigenvalue weighted by atomic mass is 35.5. The second-order valence-electron chi connectivity index (χ2n) is 4.53. The van der Waals surface area contributed by atoms with Crippen LogP contribution in [0, 0.1) is 10.1 Å². The maximum Gasteiger partial charge on any atom is 0.272 e. The predicted octanol–water partition coefficient (Wildman–Crippen LogP) is 3.49. The van der Waals surface area contributed by atoms with Crippen LogP contribution in [-0.4, -0.2) is 23.7 Å². The molecule has 5 nitrogen and oxygen atoms in total. The SMILES string of the molecule is CC1(Nc2c(Cl)cc([N+](=O)[O-])cc2Cl)CCOC1. The van der Waals surface area contributed by atoms with Crippen LogP contribution >= 0.6 is 23.2 Å². The summed E-state index contributed by atoms with van der Waals surface area (Å²) in [7, 11) is 0. The van der Waals surface area contributed by atoms with Gasteiger partial charge in [0, 0.05) is 18.7 Å². The highest BCUT2D eigenvalue weighted by molar-refractivity contribution is 6.39. The van der Waals surface area contributed by atoms with E-state index in [9.17, 15) is 10.1 Å². The summed E-state index contributed by atoms with van der Waals surface area (Å²) in [4.78, 5) is 10.1. The van der Waals surface area contributed by atoms with Crippen molar-refractivity contribution in [1.29, 1.82) is 0 Å². The number of anilines is 1. The first-order valence-corrected chi connectivity index (χ1v) is 6.16. The largest absolute Gasteiger partial charge is 0.379 e. The summed E-state index contributed by atoms with van der Waals surface area (Å²) >= 11 is 12.1.